The molecule has 0 aromatic carbocycles. The Morgan fingerprint density at radius 3 is 2.14 bits per heavy atom. The van der Waals surface area contributed by atoms with E-state index >= 15 is 0 Å². The summed E-state index contributed by atoms with van der Waals surface area (Å²) in [7, 11) is 2.12. The predicted octanol–water partition coefficient (Wildman–Crippen LogP) is 4.63. The molecule has 0 amide bonds. The Morgan fingerprint density at radius 2 is 1.67 bits per heavy atom. The van der Waals surface area contributed by atoms with Crippen LogP contribution in [-0.2, 0) is 0 Å². The lowest BCUT2D eigenvalue weighted by atomic mass is 9.67. The van der Waals surface area contributed by atoms with Gasteiger partial charge in [0.1, 0.15) is 0 Å². The molecule has 0 spiro atoms. The maximum atomic E-state index is 4.14. The van der Waals surface area contributed by atoms with E-state index in [9.17, 15) is 0 Å². The predicted molar refractivity (Wildman–Crippen MR) is 90.4 cm³/mol. The molecule has 2 atom stereocenters. The van der Waals surface area contributed by atoms with Gasteiger partial charge < -0.3 is 5.32 Å². The summed E-state index contributed by atoms with van der Waals surface area (Å²) in [5, 5.41) is 3.60. The van der Waals surface area contributed by atoms with Crippen LogP contribution in [-0.4, -0.2) is 18.1 Å². The maximum Gasteiger partial charge on any atom is 0.0270 e. The normalized spacial score (nSPS) is 26.3. The van der Waals surface area contributed by atoms with Crippen molar-refractivity contribution in [3.8, 4) is 0 Å². The first-order chi connectivity index (χ1) is 9.93. The van der Waals surface area contributed by atoms with E-state index in [0.29, 0.717) is 17.4 Å². The van der Waals surface area contributed by atoms with E-state index < -0.39 is 0 Å². The Hall–Kier alpha value is -0.890. The minimum atomic E-state index is 0.469. The number of nitrogens with zero attached hydrogens (tertiary/aromatic N) is 1. The number of hydrogen-bond acceptors (Lipinski definition) is 2. The maximum absolute atomic E-state index is 4.14. The van der Waals surface area contributed by atoms with Gasteiger partial charge in [-0.3, -0.25) is 4.98 Å². The van der Waals surface area contributed by atoms with Crippen LogP contribution in [0.15, 0.2) is 24.5 Å². The highest BCUT2D eigenvalue weighted by Crippen LogP contribution is 2.42. The van der Waals surface area contributed by atoms with Crippen LogP contribution in [0, 0.1) is 17.3 Å². The molecule has 2 nitrogen and oxygen atoms in total. The Kier molecular flexibility index (Phi) is 5.43. The quantitative estimate of drug-likeness (QED) is 0.874. The Morgan fingerprint density at radius 1 is 1.10 bits per heavy atom. The summed E-state index contributed by atoms with van der Waals surface area (Å²) in [6.45, 7) is 9.54. The highest BCUT2D eigenvalue weighted by Gasteiger charge is 2.34. The van der Waals surface area contributed by atoms with Crippen LogP contribution in [0.4, 0.5) is 0 Å². The Bertz CT molecular complexity index is 413. The van der Waals surface area contributed by atoms with Gasteiger partial charge in [0.25, 0.3) is 0 Å². The molecule has 2 rings (SSSR count). The van der Waals surface area contributed by atoms with Crippen LogP contribution in [0.5, 0.6) is 0 Å². The van der Waals surface area contributed by atoms with Crippen molar-refractivity contribution < 1.29 is 0 Å². The lowest BCUT2D eigenvalue weighted by Crippen LogP contribution is -2.41. The Balaban J connectivity index is 2.00. The fraction of sp³-hybridized carbons (Fsp3) is 0.737. The summed E-state index contributed by atoms with van der Waals surface area (Å²) >= 11 is 0. The summed E-state index contributed by atoms with van der Waals surface area (Å²) < 4.78 is 0. The third-order valence-electron chi connectivity index (χ3n) is 5.61. The van der Waals surface area contributed by atoms with Gasteiger partial charge in [0.2, 0.25) is 0 Å². The highest BCUT2D eigenvalue weighted by atomic mass is 14.9. The molecule has 0 saturated heterocycles. The second kappa shape index (κ2) is 6.91. The number of likely N-dealkylation sites (N-methyl/N-ethyl adjacent to an activating group) is 1. The zero-order chi connectivity index (χ0) is 15.5. The molecule has 2 unspecified atom stereocenters. The van der Waals surface area contributed by atoms with Gasteiger partial charge in [-0.1, -0.05) is 27.7 Å². The fourth-order valence-corrected chi connectivity index (χ4v) is 4.11. The second-order valence-electron chi connectivity index (χ2n) is 7.86. The van der Waals surface area contributed by atoms with E-state index in [2.05, 4.69) is 57.2 Å². The number of rotatable bonds is 4. The van der Waals surface area contributed by atoms with Crippen LogP contribution in [0.2, 0.25) is 0 Å². The fourth-order valence-electron chi connectivity index (χ4n) is 4.11. The van der Waals surface area contributed by atoms with Crippen molar-refractivity contribution in [2.45, 2.75) is 65.3 Å². The molecule has 0 radical (unpaired) electrons. The molecule has 118 valence electrons. The van der Waals surface area contributed by atoms with Gasteiger partial charge in [-0.15, -0.1) is 0 Å². The van der Waals surface area contributed by atoms with Crippen molar-refractivity contribution in [2.75, 3.05) is 7.05 Å². The molecular formula is C19H32N2. The van der Waals surface area contributed by atoms with Crippen LogP contribution >= 0.6 is 0 Å². The zero-order valence-corrected chi connectivity index (χ0v) is 14.4. The van der Waals surface area contributed by atoms with Crippen molar-refractivity contribution >= 4 is 0 Å². The molecule has 1 aromatic heterocycles. The van der Waals surface area contributed by atoms with Gasteiger partial charge >= 0.3 is 0 Å². The van der Waals surface area contributed by atoms with E-state index in [1.54, 1.807) is 0 Å². The topological polar surface area (TPSA) is 24.9 Å². The highest BCUT2D eigenvalue weighted by molar-refractivity contribution is 5.17. The largest absolute Gasteiger partial charge is 0.316 e. The lowest BCUT2D eigenvalue weighted by Gasteiger charge is -2.41. The molecule has 1 heterocycles. The molecule has 1 aromatic rings. The van der Waals surface area contributed by atoms with E-state index in [1.807, 2.05) is 12.4 Å². The van der Waals surface area contributed by atoms with E-state index in [0.717, 1.165) is 11.8 Å². The van der Waals surface area contributed by atoms with Crippen LogP contribution < -0.4 is 5.32 Å². The lowest BCUT2D eigenvalue weighted by molar-refractivity contribution is 0.129. The number of nitrogens with one attached hydrogen (secondary N) is 1. The summed E-state index contributed by atoms with van der Waals surface area (Å²) in [5.41, 5.74) is 1.87. The van der Waals surface area contributed by atoms with E-state index in [1.165, 1.54) is 31.2 Å². The average molecular weight is 288 g/mol. The first kappa shape index (κ1) is 16.5. The summed E-state index contributed by atoms with van der Waals surface area (Å²) in [6, 6.07) is 4.90. The zero-order valence-electron chi connectivity index (χ0n) is 14.4. The van der Waals surface area contributed by atoms with Gasteiger partial charge in [0.05, 0.1) is 0 Å². The van der Waals surface area contributed by atoms with Gasteiger partial charge in [-0.2, -0.15) is 0 Å². The molecule has 1 N–H and O–H groups in total. The van der Waals surface area contributed by atoms with E-state index in [-0.39, 0.29) is 0 Å². The average Bonchev–Trinajstić information content (AvgIpc) is 2.48. The van der Waals surface area contributed by atoms with Crippen LogP contribution in [0.1, 0.15) is 64.9 Å². The molecule has 1 fully saturated rings. The molecular weight excluding hydrogens is 256 g/mol. The number of hydrogen-bond donors (Lipinski definition) is 1. The number of aromatic nitrogens is 1. The molecule has 1 saturated carbocycles. The number of pyridine rings is 1. The second-order valence-corrected chi connectivity index (χ2v) is 7.86. The Labute approximate surface area is 130 Å². The first-order valence-corrected chi connectivity index (χ1v) is 8.50. The van der Waals surface area contributed by atoms with Crippen molar-refractivity contribution in [2.24, 2.45) is 17.3 Å². The molecule has 0 bridgehead atoms. The monoisotopic (exact) mass is 288 g/mol. The van der Waals surface area contributed by atoms with Crippen LogP contribution in [0.3, 0.4) is 0 Å². The molecule has 0 aliphatic heterocycles. The van der Waals surface area contributed by atoms with Crippen LogP contribution in [0.25, 0.3) is 0 Å². The van der Waals surface area contributed by atoms with Gasteiger partial charge in [0.15, 0.2) is 0 Å². The SMILES string of the molecule is CNC(C1CCC(C(C)(C)C)CC1)C(C)c1ccncc1. The third-order valence-corrected chi connectivity index (χ3v) is 5.61. The van der Waals surface area contributed by atoms with Gasteiger partial charge in [-0.05, 0) is 73.6 Å². The standard InChI is InChI=1S/C19H32N2/c1-14(15-10-12-21-13-11-15)18(20-5)16-6-8-17(9-7-16)19(2,3)4/h10-14,16-18,20H,6-9H2,1-5H3. The van der Waals surface area contributed by atoms with Gasteiger partial charge in [-0.25, -0.2) is 0 Å². The van der Waals surface area contributed by atoms with E-state index in [4.69, 9.17) is 0 Å². The summed E-state index contributed by atoms with van der Waals surface area (Å²) in [5.74, 6) is 2.24. The van der Waals surface area contributed by atoms with Crippen molar-refractivity contribution in [1.29, 1.82) is 0 Å². The summed E-state index contributed by atoms with van der Waals surface area (Å²) in [4.78, 5) is 4.14. The van der Waals surface area contributed by atoms with Crippen molar-refractivity contribution in [3.05, 3.63) is 30.1 Å². The minimum absolute atomic E-state index is 0.469. The third kappa shape index (κ3) is 4.06. The minimum Gasteiger partial charge on any atom is -0.316 e. The molecule has 2 heteroatoms. The first-order valence-electron chi connectivity index (χ1n) is 8.50. The van der Waals surface area contributed by atoms with Crippen molar-refractivity contribution in [1.82, 2.24) is 10.3 Å². The van der Waals surface area contributed by atoms with Gasteiger partial charge in [0, 0.05) is 18.4 Å². The molecule has 1 aliphatic carbocycles. The smallest absolute Gasteiger partial charge is 0.0270 e. The molecule has 21 heavy (non-hydrogen) atoms. The van der Waals surface area contributed by atoms with Crippen molar-refractivity contribution in [3.63, 3.8) is 0 Å². The summed E-state index contributed by atoms with van der Waals surface area (Å²) in [6.07, 6.45) is 9.32. The molecule has 1 aliphatic rings.